The van der Waals surface area contributed by atoms with Gasteiger partial charge in [-0.15, -0.1) is 0 Å². The molecule has 0 spiro atoms. The smallest absolute Gasteiger partial charge is 0.0998 e. The predicted octanol–water partition coefficient (Wildman–Crippen LogP) is 10.8. The van der Waals surface area contributed by atoms with Gasteiger partial charge in [-0.2, -0.15) is 5.26 Å². The van der Waals surface area contributed by atoms with E-state index in [0.29, 0.717) is 5.56 Å². The maximum atomic E-state index is 9.57. The number of nitrogens with zero attached hydrogens (tertiary/aromatic N) is 3. The lowest BCUT2D eigenvalue weighted by molar-refractivity contribution is 1.18. The van der Waals surface area contributed by atoms with Crippen LogP contribution in [0.3, 0.4) is 0 Å². The Bertz CT molecular complexity index is 1960. The molecule has 1 aromatic heterocycles. The fourth-order valence-electron chi connectivity index (χ4n) is 5.60. The van der Waals surface area contributed by atoms with Crippen molar-refractivity contribution in [1.29, 1.82) is 5.26 Å². The van der Waals surface area contributed by atoms with Crippen LogP contribution in [0.2, 0.25) is 0 Å². The van der Waals surface area contributed by atoms with Crippen LogP contribution in [0.1, 0.15) is 19.4 Å². The zero-order valence-electron chi connectivity index (χ0n) is 23.8. The van der Waals surface area contributed by atoms with Crippen LogP contribution in [0.25, 0.3) is 38.6 Å². The Morgan fingerprint density at radius 1 is 0.524 bits per heavy atom. The van der Waals surface area contributed by atoms with Gasteiger partial charge >= 0.3 is 0 Å². The number of para-hydroxylation sites is 3. The number of benzene rings is 6. The molecular formula is C39H31N3. The maximum Gasteiger partial charge on any atom is 0.0998 e. The zero-order chi connectivity index (χ0) is 28.9. The van der Waals surface area contributed by atoms with E-state index in [-0.39, 0.29) is 0 Å². The second-order valence-corrected chi connectivity index (χ2v) is 9.76. The normalized spacial score (nSPS) is 10.6. The highest BCUT2D eigenvalue weighted by Crippen LogP contribution is 2.39. The first-order valence-corrected chi connectivity index (χ1v) is 14.4. The van der Waals surface area contributed by atoms with Crippen molar-refractivity contribution < 1.29 is 0 Å². The minimum atomic E-state index is 0.682. The van der Waals surface area contributed by atoms with Gasteiger partial charge in [-0.25, -0.2) is 0 Å². The van der Waals surface area contributed by atoms with Crippen molar-refractivity contribution in [3.05, 3.63) is 157 Å². The third kappa shape index (κ3) is 4.80. The summed E-state index contributed by atoms with van der Waals surface area (Å²) < 4.78 is 2.32. The van der Waals surface area contributed by atoms with Crippen LogP contribution in [-0.2, 0) is 0 Å². The van der Waals surface area contributed by atoms with Gasteiger partial charge in [0.15, 0.2) is 0 Å². The lowest BCUT2D eigenvalue weighted by Gasteiger charge is -2.25. The molecule has 0 unspecified atom stereocenters. The van der Waals surface area contributed by atoms with E-state index in [0.717, 1.165) is 44.9 Å². The molecule has 7 aromatic rings. The molecule has 0 amide bonds. The Kier molecular flexibility index (Phi) is 7.53. The molecule has 0 fully saturated rings. The van der Waals surface area contributed by atoms with Crippen LogP contribution in [0, 0.1) is 11.3 Å². The van der Waals surface area contributed by atoms with Crippen LogP contribution >= 0.6 is 0 Å². The molecular weight excluding hydrogens is 510 g/mol. The van der Waals surface area contributed by atoms with Gasteiger partial charge in [-0.3, -0.25) is 0 Å². The predicted molar refractivity (Wildman–Crippen MR) is 177 cm³/mol. The summed E-state index contributed by atoms with van der Waals surface area (Å²) >= 11 is 0. The summed E-state index contributed by atoms with van der Waals surface area (Å²) in [6, 6.07) is 54.8. The van der Waals surface area contributed by atoms with E-state index in [4.69, 9.17) is 0 Å². The lowest BCUT2D eigenvalue weighted by Crippen LogP contribution is -2.09. The highest BCUT2D eigenvalue weighted by Gasteiger charge is 2.17. The van der Waals surface area contributed by atoms with Crippen LogP contribution in [0.4, 0.5) is 17.1 Å². The molecule has 0 N–H and O–H groups in total. The van der Waals surface area contributed by atoms with Crippen LogP contribution in [-0.4, -0.2) is 4.57 Å². The number of aromatic nitrogens is 1. The van der Waals surface area contributed by atoms with Crippen molar-refractivity contribution in [3.63, 3.8) is 0 Å². The van der Waals surface area contributed by atoms with Gasteiger partial charge in [0.25, 0.3) is 0 Å². The molecule has 7 rings (SSSR count). The third-order valence-electron chi connectivity index (χ3n) is 7.43. The monoisotopic (exact) mass is 541 g/mol. The second kappa shape index (κ2) is 11.9. The van der Waals surface area contributed by atoms with Crippen molar-refractivity contribution in [2.75, 3.05) is 4.90 Å². The molecule has 0 radical (unpaired) electrons. The minimum absolute atomic E-state index is 0.682. The van der Waals surface area contributed by atoms with Crippen molar-refractivity contribution >= 4 is 38.9 Å². The van der Waals surface area contributed by atoms with Crippen LogP contribution in [0.15, 0.2) is 152 Å². The van der Waals surface area contributed by atoms with Crippen molar-refractivity contribution in [2.24, 2.45) is 0 Å². The summed E-state index contributed by atoms with van der Waals surface area (Å²) in [6.07, 6.45) is 0. The van der Waals surface area contributed by atoms with E-state index in [1.165, 1.54) is 10.8 Å². The summed E-state index contributed by atoms with van der Waals surface area (Å²) in [7, 11) is 0. The highest BCUT2D eigenvalue weighted by molar-refractivity contribution is 6.10. The van der Waals surface area contributed by atoms with Crippen molar-refractivity contribution in [2.45, 2.75) is 13.8 Å². The van der Waals surface area contributed by atoms with E-state index < -0.39 is 0 Å². The Labute approximate surface area is 247 Å². The largest absolute Gasteiger partial charge is 0.310 e. The molecule has 0 aliphatic carbocycles. The number of hydrogen-bond donors (Lipinski definition) is 0. The Hall–Kier alpha value is -5.59. The molecule has 6 aromatic carbocycles. The molecule has 42 heavy (non-hydrogen) atoms. The summed E-state index contributed by atoms with van der Waals surface area (Å²) in [5.41, 5.74) is 9.39. The number of anilines is 3. The number of fused-ring (bicyclic) bond motifs is 3. The minimum Gasteiger partial charge on any atom is -0.310 e. The first kappa shape index (κ1) is 26.6. The average molecular weight is 542 g/mol. The first-order chi connectivity index (χ1) is 20.8. The molecule has 0 saturated carbocycles. The maximum absolute atomic E-state index is 9.57. The molecule has 1 heterocycles. The highest BCUT2D eigenvalue weighted by atomic mass is 15.1. The van der Waals surface area contributed by atoms with Crippen LogP contribution in [0.5, 0.6) is 0 Å². The Morgan fingerprint density at radius 2 is 1.10 bits per heavy atom. The average Bonchev–Trinajstić information content (AvgIpc) is 3.41. The molecule has 0 saturated heterocycles. The molecule has 0 aliphatic heterocycles. The molecule has 3 nitrogen and oxygen atoms in total. The SMILES string of the molecule is CC.N#Cc1ccccc1-c1ccc(-n2c3ccccc3c3cc(N(c4ccccc4)c4ccccc4)ccc32)cc1. The van der Waals surface area contributed by atoms with E-state index in [9.17, 15) is 5.26 Å². The summed E-state index contributed by atoms with van der Waals surface area (Å²) in [4.78, 5) is 2.30. The fraction of sp³-hybridized carbons (Fsp3) is 0.0513. The van der Waals surface area contributed by atoms with Gasteiger partial charge in [0.1, 0.15) is 0 Å². The van der Waals surface area contributed by atoms with Gasteiger partial charge in [0, 0.05) is 33.5 Å². The quantitative estimate of drug-likeness (QED) is 0.217. The van der Waals surface area contributed by atoms with Crippen molar-refractivity contribution in [3.8, 4) is 22.9 Å². The van der Waals surface area contributed by atoms with Gasteiger partial charge < -0.3 is 9.47 Å². The van der Waals surface area contributed by atoms with Gasteiger partial charge in [-0.05, 0) is 77.9 Å². The van der Waals surface area contributed by atoms with E-state index in [1.807, 2.05) is 50.2 Å². The summed E-state index contributed by atoms with van der Waals surface area (Å²) in [5, 5.41) is 12.0. The topological polar surface area (TPSA) is 32.0 Å². The fourth-order valence-corrected chi connectivity index (χ4v) is 5.60. The first-order valence-electron chi connectivity index (χ1n) is 14.4. The third-order valence-corrected chi connectivity index (χ3v) is 7.43. The number of rotatable bonds is 5. The molecule has 202 valence electrons. The van der Waals surface area contributed by atoms with Crippen molar-refractivity contribution in [1.82, 2.24) is 4.57 Å². The van der Waals surface area contributed by atoms with Gasteiger partial charge in [0.2, 0.25) is 0 Å². The van der Waals surface area contributed by atoms with E-state index in [2.05, 4.69) is 131 Å². The van der Waals surface area contributed by atoms with Gasteiger partial charge in [-0.1, -0.05) is 98.8 Å². The van der Waals surface area contributed by atoms with Crippen LogP contribution < -0.4 is 4.90 Å². The molecule has 0 bridgehead atoms. The zero-order valence-corrected chi connectivity index (χ0v) is 23.8. The molecule has 0 atom stereocenters. The number of nitriles is 1. The molecule has 0 aliphatic rings. The second-order valence-electron chi connectivity index (χ2n) is 9.76. The van der Waals surface area contributed by atoms with Gasteiger partial charge in [0.05, 0.1) is 22.7 Å². The Balaban J connectivity index is 0.00000155. The lowest BCUT2D eigenvalue weighted by atomic mass is 10.0. The number of hydrogen-bond acceptors (Lipinski definition) is 2. The standard InChI is InChI=1S/C37H25N3.C2H6/c38-26-28-11-7-8-16-33(28)27-19-21-31(22-20-27)40-36-18-10-9-17-34(36)35-25-32(23-24-37(35)40)39(29-12-3-1-4-13-29)30-14-5-2-6-15-30;1-2/h1-25H;1-2H3. The summed E-state index contributed by atoms with van der Waals surface area (Å²) in [6.45, 7) is 4.00. The molecule has 3 heteroatoms. The van der Waals surface area contributed by atoms with E-state index in [1.54, 1.807) is 0 Å². The Morgan fingerprint density at radius 3 is 1.76 bits per heavy atom. The summed E-state index contributed by atoms with van der Waals surface area (Å²) in [5.74, 6) is 0. The van der Waals surface area contributed by atoms with E-state index >= 15 is 0 Å².